The summed E-state index contributed by atoms with van der Waals surface area (Å²) in [7, 11) is 1.89. The summed E-state index contributed by atoms with van der Waals surface area (Å²) in [6.45, 7) is 2.06. The highest BCUT2D eigenvalue weighted by Crippen LogP contribution is 2.30. The first-order valence-corrected chi connectivity index (χ1v) is 7.53. The molecule has 6 heteroatoms. The van der Waals surface area contributed by atoms with Crippen molar-refractivity contribution in [1.82, 2.24) is 10.3 Å². The summed E-state index contributed by atoms with van der Waals surface area (Å²) in [6, 6.07) is 5.75. The minimum Gasteiger partial charge on any atom is -0.317 e. The van der Waals surface area contributed by atoms with E-state index in [1.165, 1.54) is 23.5 Å². The van der Waals surface area contributed by atoms with Gasteiger partial charge < -0.3 is 5.32 Å². The highest BCUT2D eigenvalue weighted by atomic mass is 32.1. The number of nitrogens with zero attached hydrogens (tertiary/aromatic N) is 1. The van der Waals surface area contributed by atoms with Crippen LogP contribution in [0.2, 0.25) is 0 Å². The Bertz CT molecular complexity index is 593. The molecule has 0 amide bonds. The number of nitrogens with one attached hydrogen (secondary N) is 1. The lowest BCUT2D eigenvalue weighted by molar-refractivity contribution is -0.137. The van der Waals surface area contributed by atoms with Crippen LogP contribution >= 0.6 is 11.3 Å². The van der Waals surface area contributed by atoms with Crippen LogP contribution in [-0.4, -0.2) is 18.1 Å². The molecule has 1 atom stereocenters. The molecular formula is C15H17F3N2S. The largest absolute Gasteiger partial charge is 0.416 e. The summed E-state index contributed by atoms with van der Waals surface area (Å²) in [5, 5.41) is 5.95. The number of halogens is 3. The molecule has 0 aliphatic rings. The predicted octanol–water partition coefficient (Wildman–Crippen LogP) is 3.90. The first-order chi connectivity index (χ1) is 9.88. The average molecular weight is 314 g/mol. The van der Waals surface area contributed by atoms with E-state index in [4.69, 9.17) is 0 Å². The van der Waals surface area contributed by atoms with Gasteiger partial charge in [-0.05, 0) is 25.6 Å². The van der Waals surface area contributed by atoms with Crippen LogP contribution in [0.1, 0.15) is 28.8 Å². The molecule has 0 fully saturated rings. The molecule has 21 heavy (non-hydrogen) atoms. The number of aromatic nitrogens is 1. The van der Waals surface area contributed by atoms with Crippen LogP contribution in [-0.2, 0) is 19.0 Å². The molecule has 0 bridgehead atoms. The van der Waals surface area contributed by atoms with Gasteiger partial charge in [-0.1, -0.05) is 18.2 Å². The molecule has 114 valence electrons. The minimum atomic E-state index is -4.30. The molecule has 0 saturated heterocycles. The Morgan fingerprint density at radius 3 is 2.76 bits per heavy atom. The monoisotopic (exact) mass is 314 g/mol. The van der Waals surface area contributed by atoms with E-state index in [9.17, 15) is 13.2 Å². The summed E-state index contributed by atoms with van der Waals surface area (Å²) in [5.74, 6) is 0. The molecule has 1 aromatic heterocycles. The maximum atomic E-state index is 12.7. The summed E-state index contributed by atoms with van der Waals surface area (Å²) in [4.78, 5) is 4.48. The van der Waals surface area contributed by atoms with E-state index in [1.54, 1.807) is 6.07 Å². The zero-order valence-electron chi connectivity index (χ0n) is 11.9. The second kappa shape index (κ2) is 6.58. The van der Waals surface area contributed by atoms with Gasteiger partial charge in [-0.15, -0.1) is 11.3 Å². The standard InChI is InChI=1S/C15H17F3N2S/c1-10(19-2)6-13-9-21-14(20-13)8-11-4-3-5-12(7-11)15(16,17)18/h3-5,7,9-10,19H,6,8H2,1-2H3. The summed E-state index contributed by atoms with van der Waals surface area (Å²) in [6.07, 6.45) is -3.05. The van der Waals surface area contributed by atoms with Crippen molar-refractivity contribution in [3.8, 4) is 0 Å². The lowest BCUT2D eigenvalue weighted by atomic mass is 10.1. The number of benzene rings is 1. The third-order valence-electron chi connectivity index (χ3n) is 3.22. The minimum absolute atomic E-state index is 0.327. The van der Waals surface area contributed by atoms with Crippen molar-refractivity contribution < 1.29 is 13.2 Å². The molecule has 1 N–H and O–H groups in total. The second-order valence-electron chi connectivity index (χ2n) is 5.00. The Morgan fingerprint density at radius 1 is 1.33 bits per heavy atom. The highest BCUT2D eigenvalue weighted by molar-refractivity contribution is 7.09. The molecule has 0 aliphatic heterocycles. The number of hydrogen-bond donors (Lipinski definition) is 1. The number of hydrogen-bond acceptors (Lipinski definition) is 3. The van der Waals surface area contributed by atoms with Crippen molar-refractivity contribution in [2.24, 2.45) is 0 Å². The first-order valence-electron chi connectivity index (χ1n) is 6.65. The number of likely N-dealkylation sites (N-methyl/N-ethyl adjacent to an activating group) is 1. The number of alkyl halides is 3. The summed E-state index contributed by atoms with van der Waals surface area (Å²) >= 11 is 1.49. The van der Waals surface area contributed by atoms with Crippen LogP contribution < -0.4 is 5.32 Å². The van der Waals surface area contributed by atoms with Crippen molar-refractivity contribution >= 4 is 11.3 Å². The van der Waals surface area contributed by atoms with E-state index in [0.29, 0.717) is 18.0 Å². The Morgan fingerprint density at radius 2 is 2.10 bits per heavy atom. The lowest BCUT2D eigenvalue weighted by Crippen LogP contribution is -2.23. The molecule has 1 unspecified atom stereocenters. The molecule has 0 aliphatic carbocycles. The molecule has 0 radical (unpaired) electrons. The second-order valence-corrected chi connectivity index (χ2v) is 5.94. The molecular weight excluding hydrogens is 297 g/mol. The molecule has 0 spiro atoms. The Balaban J connectivity index is 2.08. The predicted molar refractivity (Wildman–Crippen MR) is 78.6 cm³/mol. The van der Waals surface area contributed by atoms with E-state index in [0.717, 1.165) is 23.2 Å². The van der Waals surface area contributed by atoms with E-state index in [1.807, 2.05) is 12.4 Å². The third kappa shape index (κ3) is 4.54. The zero-order valence-corrected chi connectivity index (χ0v) is 12.7. The van der Waals surface area contributed by atoms with Gasteiger partial charge in [-0.25, -0.2) is 4.98 Å². The van der Waals surface area contributed by atoms with Crippen LogP contribution in [0.3, 0.4) is 0 Å². The van der Waals surface area contributed by atoms with Crippen molar-refractivity contribution in [3.05, 3.63) is 51.5 Å². The van der Waals surface area contributed by atoms with Gasteiger partial charge in [-0.2, -0.15) is 13.2 Å². The molecule has 1 aromatic carbocycles. The van der Waals surface area contributed by atoms with Gasteiger partial charge in [0.1, 0.15) is 0 Å². The van der Waals surface area contributed by atoms with Gasteiger partial charge in [0.05, 0.1) is 16.3 Å². The van der Waals surface area contributed by atoms with Crippen molar-refractivity contribution in [3.63, 3.8) is 0 Å². The first kappa shape index (κ1) is 16.0. The molecule has 0 saturated carbocycles. The van der Waals surface area contributed by atoms with Crippen LogP contribution in [0.5, 0.6) is 0 Å². The fourth-order valence-electron chi connectivity index (χ4n) is 1.97. The van der Waals surface area contributed by atoms with Gasteiger partial charge in [-0.3, -0.25) is 0 Å². The zero-order chi connectivity index (χ0) is 15.5. The highest BCUT2D eigenvalue weighted by Gasteiger charge is 2.30. The summed E-state index contributed by atoms with van der Waals surface area (Å²) < 4.78 is 38.0. The van der Waals surface area contributed by atoms with Gasteiger partial charge in [0.25, 0.3) is 0 Å². The van der Waals surface area contributed by atoms with E-state index in [2.05, 4.69) is 17.2 Å². The van der Waals surface area contributed by atoms with Gasteiger partial charge >= 0.3 is 6.18 Å². The topological polar surface area (TPSA) is 24.9 Å². The van der Waals surface area contributed by atoms with E-state index in [-0.39, 0.29) is 0 Å². The van der Waals surface area contributed by atoms with Crippen LogP contribution in [0.15, 0.2) is 29.6 Å². The molecule has 1 heterocycles. The lowest BCUT2D eigenvalue weighted by Gasteiger charge is -2.08. The van der Waals surface area contributed by atoms with E-state index < -0.39 is 11.7 Å². The Labute approximate surface area is 126 Å². The fraction of sp³-hybridized carbons (Fsp3) is 0.400. The van der Waals surface area contributed by atoms with Crippen molar-refractivity contribution in [1.29, 1.82) is 0 Å². The SMILES string of the molecule is CNC(C)Cc1csc(Cc2cccc(C(F)(F)F)c2)n1. The number of thiazole rings is 1. The quantitative estimate of drug-likeness (QED) is 0.905. The maximum absolute atomic E-state index is 12.7. The van der Waals surface area contributed by atoms with Gasteiger partial charge in [0.2, 0.25) is 0 Å². The number of rotatable bonds is 5. The maximum Gasteiger partial charge on any atom is 0.416 e. The molecule has 2 nitrogen and oxygen atoms in total. The summed E-state index contributed by atoms with van der Waals surface area (Å²) in [5.41, 5.74) is 0.997. The van der Waals surface area contributed by atoms with E-state index >= 15 is 0 Å². The van der Waals surface area contributed by atoms with Crippen LogP contribution in [0.25, 0.3) is 0 Å². The average Bonchev–Trinajstić information content (AvgIpc) is 2.85. The Kier molecular flexibility index (Phi) is 5.00. The molecule has 2 aromatic rings. The smallest absolute Gasteiger partial charge is 0.317 e. The van der Waals surface area contributed by atoms with Crippen molar-refractivity contribution in [2.75, 3.05) is 7.05 Å². The van der Waals surface area contributed by atoms with Gasteiger partial charge in [0, 0.05) is 24.3 Å². The van der Waals surface area contributed by atoms with Crippen LogP contribution in [0.4, 0.5) is 13.2 Å². The third-order valence-corrected chi connectivity index (χ3v) is 4.11. The van der Waals surface area contributed by atoms with Gasteiger partial charge in [0.15, 0.2) is 0 Å². The Hall–Kier alpha value is -1.40. The van der Waals surface area contributed by atoms with Crippen LogP contribution in [0, 0.1) is 0 Å². The normalized spacial score (nSPS) is 13.4. The fourth-order valence-corrected chi connectivity index (χ4v) is 2.81. The molecule has 2 rings (SSSR count). The van der Waals surface area contributed by atoms with Crippen molar-refractivity contribution in [2.45, 2.75) is 32.0 Å².